The molecule has 0 aliphatic rings. The van der Waals surface area contributed by atoms with E-state index < -0.39 is 0 Å². The van der Waals surface area contributed by atoms with E-state index in [-0.39, 0.29) is 0 Å². The van der Waals surface area contributed by atoms with Gasteiger partial charge in [-0.3, -0.25) is 4.98 Å². The van der Waals surface area contributed by atoms with Crippen molar-refractivity contribution in [1.82, 2.24) is 4.98 Å². The van der Waals surface area contributed by atoms with E-state index in [1.807, 2.05) is 25.3 Å². The number of methoxy groups -OCH3 is 1. The Balaban J connectivity index is 0.000000236. The number of nitrogens with zero attached hydrogens (tertiary/aromatic N) is 1. The molecule has 1 aromatic heterocycles. The largest absolute Gasteiger partial charge is 0.388 e. The summed E-state index contributed by atoms with van der Waals surface area (Å²) in [5.74, 6) is 0. The molecule has 0 bridgehead atoms. The molecule has 0 saturated heterocycles. The minimum atomic E-state index is 1.21. The SMILES string of the molecule is COC.Cc1cccnc1. The Labute approximate surface area is 61.9 Å². The summed E-state index contributed by atoms with van der Waals surface area (Å²) in [6.07, 6.45) is 3.60. The molecule has 0 amide bonds. The van der Waals surface area contributed by atoms with Gasteiger partial charge in [0, 0.05) is 26.6 Å². The number of hydrogen-bond acceptors (Lipinski definition) is 2. The first-order valence-corrected chi connectivity index (χ1v) is 3.08. The fourth-order valence-electron chi connectivity index (χ4n) is 0.448. The fraction of sp³-hybridized carbons (Fsp3) is 0.375. The van der Waals surface area contributed by atoms with Crippen molar-refractivity contribution in [3.05, 3.63) is 30.1 Å². The van der Waals surface area contributed by atoms with Gasteiger partial charge in [0.05, 0.1) is 0 Å². The quantitative estimate of drug-likeness (QED) is 0.545. The summed E-state index contributed by atoms with van der Waals surface area (Å²) < 4.78 is 4.25. The van der Waals surface area contributed by atoms with Gasteiger partial charge in [0.25, 0.3) is 0 Å². The molecule has 0 radical (unpaired) electrons. The molecule has 0 atom stereocenters. The summed E-state index contributed by atoms with van der Waals surface area (Å²) in [6.45, 7) is 2.02. The average molecular weight is 139 g/mol. The van der Waals surface area contributed by atoms with Crippen molar-refractivity contribution in [3.63, 3.8) is 0 Å². The zero-order valence-electron chi connectivity index (χ0n) is 6.66. The lowest BCUT2D eigenvalue weighted by molar-refractivity contribution is 0.277. The van der Waals surface area contributed by atoms with Crippen LogP contribution in [0, 0.1) is 6.92 Å². The number of ether oxygens (including phenoxy) is 1. The Morgan fingerprint density at radius 3 is 2.20 bits per heavy atom. The number of hydrogen-bond donors (Lipinski definition) is 0. The zero-order valence-corrected chi connectivity index (χ0v) is 6.66. The first-order chi connectivity index (χ1) is 4.81. The number of rotatable bonds is 0. The average Bonchev–Trinajstić information content (AvgIpc) is 1.91. The number of aromatic nitrogens is 1. The third-order valence-electron chi connectivity index (χ3n) is 0.809. The van der Waals surface area contributed by atoms with Crippen LogP contribution >= 0.6 is 0 Å². The molecule has 2 heteroatoms. The topological polar surface area (TPSA) is 22.1 Å². The zero-order chi connectivity index (χ0) is 7.82. The van der Waals surface area contributed by atoms with E-state index in [0.717, 1.165) is 0 Å². The number of aryl methyl sites for hydroxylation is 1. The van der Waals surface area contributed by atoms with Crippen molar-refractivity contribution < 1.29 is 4.74 Å². The van der Waals surface area contributed by atoms with Gasteiger partial charge in [0.15, 0.2) is 0 Å². The summed E-state index contributed by atoms with van der Waals surface area (Å²) >= 11 is 0. The van der Waals surface area contributed by atoms with E-state index >= 15 is 0 Å². The maximum atomic E-state index is 4.25. The summed E-state index contributed by atoms with van der Waals surface area (Å²) in [4.78, 5) is 3.88. The molecule has 1 rings (SSSR count). The summed E-state index contributed by atoms with van der Waals surface area (Å²) in [7, 11) is 3.25. The molecule has 0 spiro atoms. The fourth-order valence-corrected chi connectivity index (χ4v) is 0.448. The van der Waals surface area contributed by atoms with Crippen LogP contribution in [0.15, 0.2) is 24.5 Å². The highest BCUT2D eigenvalue weighted by atomic mass is 16.4. The van der Waals surface area contributed by atoms with Crippen LogP contribution in [-0.4, -0.2) is 19.2 Å². The van der Waals surface area contributed by atoms with Gasteiger partial charge in [-0.15, -0.1) is 0 Å². The molecular formula is C8H13NO. The second-order valence-corrected chi connectivity index (χ2v) is 1.94. The standard InChI is InChI=1S/C6H7N.C2H6O/c1-6-3-2-4-7-5-6;1-3-2/h2-5H,1H3;1-2H3. The number of pyridine rings is 1. The normalized spacial score (nSPS) is 7.90. The Morgan fingerprint density at radius 1 is 1.40 bits per heavy atom. The maximum Gasteiger partial charge on any atom is 0.0351 e. The molecular weight excluding hydrogens is 126 g/mol. The first-order valence-electron chi connectivity index (χ1n) is 3.08. The maximum absolute atomic E-state index is 4.25. The summed E-state index contributed by atoms with van der Waals surface area (Å²) in [5.41, 5.74) is 1.21. The van der Waals surface area contributed by atoms with E-state index in [4.69, 9.17) is 0 Å². The Morgan fingerprint density at radius 2 is 2.00 bits per heavy atom. The van der Waals surface area contributed by atoms with Gasteiger partial charge in [-0.25, -0.2) is 0 Å². The lowest BCUT2D eigenvalue weighted by Gasteiger charge is -1.82. The molecule has 2 nitrogen and oxygen atoms in total. The third kappa shape index (κ3) is 5.25. The highest BCUT2D eigenvalue weighted by Crippen LogP contribution is 1.88. The predicted octanol–water partition coefficient (Wildman–Crippen LogP) is 1.65. The monoisotopic (exact) mass is 139 g/mol. The molecule has 1 aromatic rings. The molecule has 1 heterocycles. The first kappa shape index (κ1) is 9.11. The lowest BCUT2D eigenvalue weighted by atomic mass is 10.3. The van der Waals surface area contributed by atoms with Crippen molar-refractivity contribution >= 4 is 0 Å². The van der Waals surface area contributed by atoms with Gasteiger partial charge in [-0.05, 0) is 18.6 Å². The molecule has 0 saturated carbocycles. The Hall–Kier alpha value is -0.890. The molecule has 56 valence electrons. The van der Waals surface area contributed by atoms with Gasteiger partial charge in [0.1, 0.15) is 0 Å². The van der Waals surface area contributed by atoms with E-state index in [0.29, 0.717) is 0 Å². The van der Waals surface area contributed by atoms with Crippen LogP contribution in [0.3, 0.4) is 0 Å². The van der Waals surface area contributed by atoms with Crippen LogP contribution in [0.25, 0.3) is 0 Å². The molecule has 0 N–H and O–H groups in total. The molecule has 0 aliphatic carbocycles. The van der Waals surface area contributed by atoms with Crippen LogP contribution < -0.4 is 0 Å². The second-order valence-electron chi connectivity index (χ2n) is 1.94. The van der Waals surface area contributed by atoms with Crippen molar-refractivity contribution in [1.29, 1.82) is 0 Å². The van der Waals surface area contributed by atoms with Crippen LogP contribution in [-0.2, 0) is 4.74 Å². The van der Waals surface area contributed by atoms with Crippen molar-refractivity contribution in [2.24, 2.45) is 0 Å². The highest BCUT2D eigenvalue weighted by molar-refractivity contribution is 5.04. The van der Waals surface area contributed by atoms with E-state index in [1.165, 1.54) is 5.56 Å². The molecule has 10 heavy (non-hydrogen) atoms. The van der Waals surface area contributed by atoms with Crippen molar-refractivity contribution in [2.75, 3.05) is 14.2 Å². The smallest absolute Gasteiger partial charge is 0.0351 e. The van der Waals surface area contributed by atoms with Crippen LogP contribution in [0.1, 0.15) is 5.56 Å². The molecule has 0 unspecified atom stereocenters. The van der Waals surface area contributed by atoms with Crippen molar-refractivity contribution in [2.45, 2.75) is 6.92 Å². The van der Waals surface area contributed by atoms with E-state index in [2.05, 4.69) is 9.72 Å². The second kappa shape index (κ2) is 6.23. The van der Waals surface area contributed by atoms with Crippen LogP contribution in [0.2, 0.25) is 0 Å². The molecule has 0 aliphatic heterocycles. The highest BCUT2D eigenvalue weighted by Gasteiger charge is 1.73. The Bertz CT molecular complexity index is 151. The van der Waals surface area contributed by atoms with Gasteiger partial charge in [0.2, 0.25) is 0 Å². The predicted molar refractivity (Wildman–Crippen MR) is 41.9 cm³/mol. The minimum absolute atomic E-state index is 1.21. The van der Waals surface area contributed by atoms with Crippen molar-refractivity contribution in [3.8, 4) is 0 Å². The van der Waals surface area contributed by atoms with Gasteiger partial charge in [-0.2, -0.15) is 0 Å². The molecule has 0 aromatic carbocycles. The van der Waals surface area contributed by atoms with E-state index in [1.54, 1.807) is 20.4 Å². The summed E-state index contributed by atoms with van der Waals surface area (Å²) in [6, 6.07) is 3.95. The van der Waals surface area contributed by atoms with Crippen LogP contribution in [0.4, 0.5) is 0 Å². The van der Waals surface area contributed by atoms with Gasteiger partial charge < -0.3 is 4.74 Å². The van der Waals surface area contributed by atoms with E-state index in [9.17, 15) is 0 Å². The van der Waals surface area contributed by atoms with Gasteiger partial charge in [-0.1, -0.05) is 6.07 Å². The van der Waals surface area contributed by atoms with Gasteiger partial charge >= 0.3 is 0 Å². The summed E-state index contributed by atoms with van der Waals surface area (Å²) in [5, 5.41) is 0. The molecule has 0 fully saturated rings. The Kier molecular flexibility index (Phi) is 5.68. The lowest BCUT2D eigenvalue weighted by Crippen LogP contribution is -1.69. The minimum Gasteiger partial charge on any atom is -0.388 e. The van der Waals surface area contributed by atoms with Crippen LogP contribution in [0.5, 0.6) is 0 Å². The third-order valence-corrected chi connectivity index (χ3v) is 0.809.